The monoisotopic (exact) mass is 199 g/mol. The van der Waals surface area contributed by atoms with Crippen molar-refractivity contribution in [3.63, 3.8) is 0 Å². The van der Waals surface area contributed by atoms with Crippen LogP contribution >= 0.6 is 0 Å². The molecule has 0 aliphatic carbocycles. The van der Waals surface area contributed by atoms with Gasteiger partial charge in [0.1, 0.15) is 14.2 Å². The molecule has 0 fully saturated rings. The van der Waals surface area contributed by atoms with Crippen LogP contribution in [0.3, 0.4) is 0 Å². The zero-order valence-electron chi connectivity index (χ0n) is 9.26. The van der Waals surface area contributed by atoms with Gasteiger partial charge in [0.25, 0.3) is 0 Å². The fourth-order valence-electron chi connectivity index (χ4n) is 0.751. The average Bonchev–Trinajstić information content (AvgIpc) is 1.97. The number of hydrogen-bond acceptors (Lipinski definition) is 2. The Labute approximate surface area is 82.5 Å². The molecule has 2 atom stereocenters. The van der Waals surface area contributed by atoms with Gasteiger partial charge >= 0.3 is 0 Å². The number of hydrogen-bond donors (Lipinski definition) is 2. The van der Waals surface area contributed by atoms with Crippen LogP contribution in [-0.2, 0) is 0 Å². The van der Waals surface area contributed by atoms with E-state index in [-0.39, 0.29) is 12.0 Å². The minimum Gasteiger partial charge on any atom is -0.379 e. The van der Waals surface area contributed by atoms with Crippen molar-refractivity contribution in [3.8, 4) is 11.5 Å². The summed E-state index contributed by atoms with van der Waals surface area (Å²) in [4.78, 5) is 0. The van der Waals surface area contributed by atoms with Crippen LogP contribution < -0.4 is 5.73 Å². The first-order chi connectivity index (χ1) is 5.74. The van der Waals surface area contributed by atoms with Gasteiger partial charge in [-0.15, -0.1) is 5.54 Å². The Kier molecular flexibility index (Phi) is 4.69. The van der Waals surface area contributed by atoms with Crippen molar-refractivity contribution >= 4 is 8.07 Å². The minimum absolute atomic E-state index is 0.233. The Balaban J connectivity index is 4.27. The van der Waals surface area contributed by atoms with Crippen LogP contribution in [0.25, 0.3) is 0 Å². The Morgan fingerprint density at radius 3 is 2.00 bits per heavy atom. The van der Waals surface area contributed by atoms with Crippen LogP contribution in [-0.4, -0.2) is 25.3 Å². The molecule has 0 saturated heterocycles. The third kappa shape index (κ3) is 5.86. The number of rotatable bonds is 2. The minimum atomic E-state index is -1.38. The average molecular weight is 199 g/mol. The lowest BCUT2D eigenvalue weighted by atomic mass is 10.0. The van der Waals surface area contributed by atoms with E-state index in [4.69, 9.17) is 5.73 Å². The second kappa shape index (κ2) is 4.80. The van der Waals surface area contributed by atoms with Crippen molar-refractivity contribution in [3.05, 3.63) is 0 Å². The van der Waals surface area contributed by atoms with Gasteiger partial charge in [0, 0.05) is 6.04 Å². The molecule has 0 amide bonds. The highest BCUT2D eigenvalue weighted by molar-refractivity contribution is 6.83. The van der Waals surface area contributed by atoms with E-state index >= 15 is 0 Å². The lowest BCUT2D eigenvalue weighted by Gasteiger charge is -2.18. The normalized spacial score (nSPS) is 16.3. The Morgan fingerprint density at radius 2 is 1.69 bits per heavy atom. The van der Waals surface area contributed by atoms with Gasteiger partial charge in [0.2, 0.25) is 0 Å². The van der Waals surface area contributed by atoms with Gasteiger partial charge in [0.05, 0.1) is 0 Å². The van der Waals surface area contributed by atoms with E-state index in [1.165, 1.54) is 0 Å². The summed E-state index contributed by atoms with van der Waals surface area (Å²) in [6, 6.07) is -0.233. The van der Waals surface area contributed by atoms with E-state index in [9.17, 15) is 5.11 Å². The summed E-state index contributed by atoms with van der Waals surface area (Å²) >= 11 is 0. The molecule has 2 nitrogen and oxygen atoms in total. The van der Waals surface area contributed by atoms with Gasteiger partial charge in [-0.3, -0.25) is 0 Å². The Bertz CT molecular complexity index is 209. The molecule has 0 aromatic rings. The van der Waals surface area contributed by atoms with Gasteiger partial charge in [0.15, 0.2) is 0 Å². The molecule has 0 aromatic carbocycles. The molecule has 76 valence electrons. The molecule has 0 aliphatic heterocycles. The van der Waals surface area contributed by atoms with Gasteiger partial charge in [-0.2, -0.15) is 0 Å². The summed E-state index contributed by atoms with van der Waals surface area (Å²) < 4.78 is 0. The van der Waals surface area contributed by atoms with Crippen molar-refractivity contribution in [2.75, 3.05) is 0 Å². The third-order valence-electron chi connectivity index (χ3n) is 1.73. The topological polar surface area (TPSA) is 46.2 Å². The first-order valence-corrected chi connectivity index (χ1v) is 8.20. The predicted molar refractivity (Wildman–Crippen MR) is 59.9 cm³/mol. The first-order valence-electron chi connectivity index (χ1n) is 4.70. The number of nitrogens with two attached hydrogens (primary N) is 1. The summed E-state index contributed by atoms with van der Waals surface area (Å²) in [5.74, 6) is 3.12. The van der Waals surface area contributed by atoms with E-state index in [1.54, 1.807) is 0 Å². The van der Waals surface area contributed by atoms with Crippen LogP contribution in [0.15, 0.2) is 0 Å². The summed E-state index contributed by atoms with van der Waals surface area (Å²) in [6.45, 7) is 10.4. The molecule has 13 heavy (non-hydrogen) atoms. The predicted octanol–water partition coefficient (Wildman–Crippen LogP) is 1.21. The molecular formula is C10H21NOSi. The molecule has 0 unspecified atom stereocenters. The van der Waals surface area contributed by atoms with Crippen LogP contribution in [0.1, 0.15) is 13.8 Å². The highest BCUT2D eigenvalue weighted by Crippen LogP contribution is 2.03. The molecular weight excluding hydrogens is 178 g/mol. The van der Waals surface area contributed by atoms with E-state index < -0.39 is 14.2 Å². The fourth-order valence-corrected chi connectivity index (χ4v) is 1.33. The van der Waals surface area contributed by atoms with Crippen LogP contribution in [0, 0.1) is 17.4 Å². The number of aliphatic hydroxyl groups is 1. The first kappa shape index (κ1) is 12.7. The van der Waals surface area contributed by atoms with Gasteiger partial charge in [-0.25, -0.2) is 0 Å². The Hall–Kier alpha value is -0.303. The van der Waals surface area contributed by atoms with Crippen molar-refractivity contribution in [2.24, 2.45) is 11.7 Å². The largest absolute Gasteiger partial charge is 0.379 e. The van der Waals surface area contributed by atoms with Crippen LogP contribution in [0.4, 0.5) is 0 Å². The summed E-state index contributed by atoms with van der Waals surface area (Å²) in [6.07, 6.45) is -0.674. The van der Waals surface area contributed by atoms with Crippen LogP contribution in [0.5, 0.6) is 0 Å². The van der Waals surface area contributed by atoms with E-state index in [1.807, 2.05) is 13.8 Å². The number of aliphatic hydroxyl groups excluding tert-OH is 1. The quantitative estimate of drug-likeness (QED) is 0.519. The van der Waals surface area contributed by atoms with Crippen molar-refractivity contribution in [1.82, 2.24) is 0 Å². The summed E-state index contributed by atoms with van der Waals surface area (Å²) in [5.41, 5.74) is 8.87. The lowest BCUT2D eigenvalue weighted by Crippen LogP contribution is -2.38. The van der Waals surface area contributed by atoms with Gasteiger partial charge in [-0.1, -0.05) is 39.4 Å². The highest BCUT2D eigenvalue weighted by Gasteiger charge is 2.16. The van der Waals surface area contributed by atoms with E-state index in [2.05, 4.69) is 31.1 Å². The van der Waals surface area contributed by atoms with Crippen LogP contribution in [0.2, 0.25) is 19.6 Å². The van der Waals surface area contributed by atoms with Gasteiger partial charge < -0.3 is 10.8 Å². The molecule has 0 rings (SSSR count). The summed E-state index contributed by atoms with van der Waals surface area (Å²) in [5, 5.41) is 9.58. The van der Waals surface area contributed by atoms with E-state index in [0.29, 0.717) is 0 Å². The maximum atomic E-state index is 9.58. The Morgan fingerprint density at radius 1 is 1.23 bits per heavy atom. The zero-order valence-corrected chi connectivity index (χ0v) is 10.3. The smallest absolute Gasteiger partial charge is 0.129 e. The molecule has 0 bridgehead atoms. The highest BCUT2D eigenvalue weighted by atomic mass is 28.3. The fraction of sp³-hybridized carbons (Fsp3) is 0.800. The molecule has 3 heteroatoms. The molecule has 0 saturated carbocycles. The third-order valence-corrected chi connectivity index (χ3v) is 2.62. The lowest BCUT2D eigenvalue weighted by molar-refractivity contribution is 0.177. The van der Waals surface area contributed by atoms with Crippen molar-refractivity contribution in [2.45, 2.75) is 45.6 Å². The van der Waals surface area contributed by atoms with Crippen molar-refractivity contribution in [1.29, 1.82) is 0 Å². The maximum Gasteiger partial charge on any atom is 0.129 e. The summed E-state index contributed by atoms with van der Waals surface area (Å²) in [7, 11) is -1.38. The molecule has 0 heterocycles. The molecule has 0 aliphatic rings. The standard InChI is InChI=1S/C10H21NOSi/c1-8(2)10(11)9(12)6-7-13(3,4)5/h8-10,12H,11H2,1-5H3/t9-,10+/m0/s1. The SMILES string of the molecule is CC(C)[C@@H](N)[C@@H](O)C#C[Si](C)(C)C. The second-order valence-electron chi connectivity index (χ2n) is 4.79. The van der Waals surface area contributed by atoms with E-state index in [0.717, 1.165) is 0 Å². The van der Waals surface area contributed by atoms with Gasteiger partial charge in [-0.05, 0) is 5.92 Å². The molecule has 0 radical (unpaired) electrons. The van der Waals surface area contributed by atoms with Crippen molar-refractivity contribution < 1.29 is 5.11 Å². The second-order valence-corrected chi connectivity index (χ2v) is 9.54. The zero-order chi connectivity index (χ0) is 10.6. The molecule has 0 aromatic heterocycles. The molecule has 3 N–H and O–H groups in total. The molecule has 0 spiro atoms. The maximum absolute atomic E-state index is 9.58.